The predicted molar refractivity (Wildman–Crippen MR) is 156 cm³/mol. The lowest BCUT2D eigenvalue weighted by Crippen LogP contribution is -2.41. The molecule has 3 aromatic heterocycles. The Kier molecular flexibility index (Phi) is 6.79. The number of anilines is 1. The average Bonchev–Trinajstić information content (AvgIpc) is 3.38. The minimum absolute atomic E-state index is 0.0448. The van der Waals surface area contributed by atoms with Crippen LogP contribution >= 0.6 is 0 Å². The minimum Gasteiger partial charge on any atom is -0.476 e. The zero-order valence-corrected chi connectivity index (χ0v) is 26.2. The molecule has 4 heterocycles. The minimum atomic E-state index is -4.14. The maximum absolute atomic E-state index is 13.5. The van der Waals surface area contributed by atoms with Crippen molar-refractivity contribution in [3.63, 3.8) is 0 Å². The summed E-state index contributed by atoms with van der Waals surface area (Å²) in [5.41, 5.74) is 0.613. The van der Waals surface area contributed by atoms with Gasteiger partial charge in [-0.25, -0.2) is 22.8 Å². The molecule has 5 rings (SSSR count). The van der Waals surface area contributed by atoms with E-state index in [0.717, 1.165) is 6.42 Å². The molecule has 1 saturated carbocycles. The highest BCUT2D eigenvalue weighted by Gasteiger charge is 2.64. The molecule has 222 valence electrons. The Labute approximate surface area is 242 Å². The largest absolute Gasteiger partial charge is 0.476 e. The quantitative estimate of drug-likeness (QED) is 0.420. The summed E-state index contributed by atoms with van der Waals surface area (Å²) >= 11 is 0. The summed E-state index contributed by atoms with van der Waals surface area (Å²) in [5, 5.41) is 8.69. The maximum atomic E-state index is 13.5. The summed E-state index contributed by atoms with van der Waals surface area (Å²) in [6, 6.07) is 5.07. The van der Waals surface area contributed by atoms with Gasteiger partial charge in [-0.3, -0.25) is 9.48 Å². The van der Waals surface area contributed by atoms with Gasteiger partial charge in [0.25, 0.3) is 15.9 Å². The molecule has 1 aliphatic carbocycles. The van der Waals surface area contributed by atoms with E-state index in [2.05, 4.69) is 68.3 Å². The van der Waals surface area contributed by atoms with Crippen molar-refractivity contribution in [3.05, 3.63) is 41.9 Å². The van der Waals surface area contributed by atoms with Gasteiger partial charge in [0.05, 0.1) is 17.9 Å². The number of hydrogen-bond acceptors (Lipinski definition) is 8. The molecule has 1 N–H and O–H groups in total. The molecule has 3 aromatic rings. The molecule has 2 aliphatic rings. The number of aryl methyl sites for hydroxylation is 2. The second-order valence-electron chi connectivity index (χ2n) is 13.4. The molecule has 0 unspecified atom stereocenters. The van der Waals surface area contributed by atoms with E-state index in [4.69, 9.17) is 9.72 Å². The number of sulfonamides is 1. The van der Waals surface area contributed by atoms with Gasteiger partial charge in [0.15, 0.2) is 5.82 Å². The molecule has 0 radical (unpaired) electrons. The zero-order chi connectivity index (χ0) is 30.1. The molecule has 0 spiro atoms. The summed E-state index contributed by atoms with van der Waals surface area (Å²) in [6.07, 6.45) is 4.06. The van der Waals surface area contributed by atoms with E-state index in [1.165, 1.54) is 10.9 Å². The predicted octanol–water partition coefficient (Wildman–Crippen LogP) is 4.11. The molecule has 0 aromatic carbocycles. The van der Waals surface area contributed by atoms with Crippen LogP contribution in [0.4, 0.5) is 5.82 Å². The van der Waals surface area contributed by atoms with E-state index >= 15 is 0 Å². The first kappa shape index (κ1) is 29.1. The Morgan fingerprint density at radius 3 is 2.34 bits per heavy atom. The number of rotatable bonds is 8. The van der Waals surface area contributed by atoms with Crippen LogP contribution in [-0.4, -0.2) is 57.6 Å². The van der Waals surface area contributed by atoms with Crippen LogP contribution in [0.1, 0.15) is 70.9 Å². The standard InChI is InChI=1S/C29H41N7O4S/c1-18-14-27(3,4)35(15-18)25-20(26(37)33-41(38,39)21-16-34(9)31-19(21)2)10-11-23(30-25)36-13-12-24(32-36)40-17-22-28(5,6)29(22,7)8/h10-13,16,18,22H,14-15,17H2,1-9H3,(H,33,37)/t18-/m0/s1. The normalized spacial score (nSPS) is 21.2. The molecular formula is C29H41N7O4S. The third-order valence-electron chi connectivity index (χ3n) is 9.44. The molecule has 12 heteroatoms. The van der Waals surface area contributed by atoms with Crippen molar-refractivity contribution in [2.24, 2.45) is 29.7 Å². The van der Waals surface area contributed by atoms with Crippen molar-refractivity contribution >= 4 is 21.7 Å². The summed E-state index contributed by atoms with van der Waals surface area (Å²) in [7, 11) is -2.52. The Morgan fingerprint density at radius 2 is 1.78 bits per heavy atom. The topological polar surface area (TPSA) is 124 Å². The van der Waals surface area contributed by atoms with E-state index in [1.54, 1.807) is 43.0 Å². The number of carbonyl (C=O) groups is 1. The molecule has 1 aliphatic heterocycles. The van der Waals surface area contributed by atoms with E-state index in [-0.39, 0.29) is 26.8 Å². The lowest BCUT2D eigenvalue weighted by molar-refractivity contribution is 0.0981. The van der Waals surface area contributed by atoms with Crippen LogP contribution in [0.2, 0.25) is 0 Å². The number of nitrogens with zero attached hydrogens (tertiary/aromatic N) is 6. The second-order valence-corrected chi connectivity index (χ2v) is 15.0. The number of pyridine rings is 1. The first-order valence-corrected chi connectivity index (χ1v) is 15.5. The first-order valence-electron chi connectivity index (χ1n) is 14.0. The number of carbonyl (C=O) groups excluding carboxylic acids is 1. The summed E-state index contributed by atoms with van der Waals surface area (Å²) in [5.74, 6) is 1.47. The lowest BCUT2D eigenvalue weighted by atomic mass is 9.97. The monoisotopic (exact) mass is 583 g/mol. The van der Waals surface area contributed by atoms with Crippen molar-refractivity contribution < 1.29 is 17.9 Å². The van der Waals surface area contributed by atoms with E-state index in [0.29, 0.717) is 48.2 Å². The van der Waals surface area contributed by atoms with Crippen molar-refractivity contribution in [2.75, 3.05) is 18.1 Å². The van der Waals surface area contributed by atoms with E-state index in [1.807, 2.05) is 0 Å². The molecule has 2 fully saturated rings. The second kappa shape index (κ2) is 9.57. The van der Waals surface area contributed by atoms with Gasteiger partial charge in [0, 0.05) is 43.5 Å². The fraction of sp³-hybridized carbons (Fsp3) is 0.586. The number of ether oxygens (including phenoxy) is 1. The highest BCUT2D eigenvalue weighted by molar-refractivity contribution is 7.90. The molecule has 1 saturated heterocycles. The SMILES string of the molecule is Cc1nn(C)cc1S(=O)(=O)NC(=O)c1ccc(-n2ccc(OCC3C(C)(C)C3(C)C)n2)nc1N1C[C@@H](C)CC1(C)C. The fourth-order valence-electron chi connectivity index (χ4n) is 6.41. The number of hydrogen-bond donors (Lipinski definition) is 1. The molecule has 11 nitrogen and oxygen atoms in total. The van der Waals surface area contributed by atoms with Gasteiger partial charge >= 0.3 is 0 Å². The van der Waals surface area contributed by atoms with Gasteiger partial charge in [-0.05, 0) is 56.1 Å². The molecule has 1 amide bonds. The average molecular weight is 584 g/mol. The lowest BCUT2D eigenvalue weighted by Gasteiger charge is -2.34. The van der Waals surface area contributed by atoms with Gasteiger partial charge < -0.3 is 9.64 Å². The third kappa shape index (κ3) is 5.11. The zero-order valence-electron chi connectivity index (χ0n) is 25.4. The van der Waals surface area contributed by atoms with Crippen LogP contribution in [0.3, 0.4) is 0 Å². The first-order chi connectivity index (χ1) is 18.9. The summed E-state index contributed by atoms with van der Waals surface area (Å²) < 4.78 is 37.5. The third-order valence-corrected chi connectivity index (χ3v) is 10.9. The Hall–Kier alpha value is -3.41. The highest BCUT2D eigenvalue weighted by Crippen LogP contribution is 2.68. The van der Waals surface area contributed by atoms with E-state index in [9.17, 15) is 13.2 Å². The molecule has 0 bridgehead atoms. The summed E-state index contributed by atoms with van der Waals surface area (Å²) in [4.78, 5) is 20.4. The van der Waals surface area contributed by atoms with E-state index < -0.39 is 15.9 Å². The Bertz CT molecular complexity index is 1590. The van der Waals surface area contributed by atoms with Crippen LogP contribution in [0.5, 0.6) is 5.88 Å². The Morgan fingerprint density at radius 1 is 1.10 bits per heavy atom. The van der Waals surface area contributed by atoms with Gasteiger partial charge in [-0.2, -0.15) is 5.10 Å². The van der Waals surface area contributed by atoms with Crippen LogP contribution in [0.15, 0.2) is 35.5 Å². The van der Waals surface area contributed by atoms with Crippen molar-refractivity contribution in [3.8, 4) is 11.7 Å². The van der Waals surface area contributed by atoms with Gasteiger partial charge in [-0.1, -0.05) is 34.6 Å². The number of aromatic nitrogens is 5. The smallest absolute Gasteiger partial charge is 0.268 e. The molecule has 1 atom stereocenters. The number of nitrogens with one attached hydrogen (secondary N) is 1. The number of amides is 1. The maximum Gasteiger partial charge on any atom is 0.268 e. The fourth-order valence-corrected chi connectivity index (χ4v) is 7.60. The van der Waals surface area contributed by atoms with Crippen LogP contribution in [0, 0.1) is 29.6 Å². The van der Waals surface area contributed by atoms with Gasteiger partial charge in [0.1, 0.15) is 10.7 Å². The Balaban J connectivity index is 1.44. The van der Waals surface area contributed by atoms with Crippen LogP contribution in [0.25, 0.3) is 5.82 Å². The highest BCUT2D eigenvalue weighted by atomic mass is 32.2. The van der Waals surface area contributed by atoms with Gasteiger partial charge in [0.2, 0.25) is 5.88 Å². The van der Waals surface area contributed by atoms with Crippen molar-refractivity contribution in [1.29, 1.82) is 0 Å². The van der Waals surface area contributed by atoms with Gasteiger partial charge in [-0.15, -0.1) is 5.10 Å². The van der Waals surface area contributed by atoms with Crippen molar-refractivity contribution in [1.82, 2.24) is 29.3 Å². The van der Waals surface area contributed by atoms with Crippen molar-refractivity contribution in [2.45, 2.75) is 72.2 Å². The van der Waals surface area contributed by atoms with Crippen LogP contribution < -0.4 is 14.4 Å². The summed E-state index contributed by atoms with van der Waals surface area (Å²) in [6.45, 7) is 18.2. The molecule has 41 heavy (non-hydrogen) atoms. The molecular weight excluding hydrogens is 542 g/mol. The van der Waals surface area contributed by atoms with Crippen LogP contribution in [-0.2, 0) is 17.1 Å².